The first-order valence-corrected chi connectivity index (χ1v) is 5.57. The number of fused-ring (bicyclic) bond motifs is 1. The fourth-order valence-electron chi connectivity index (χ4n) is 2.14. The maximum Gasteiger partial charge on any atom is 0.352 e. The topological polar surface area (TPSA) is 42.2 Å². The summed E-state index contributed by atoms with van der Waals surface area (Å²) in [7, 11) is 0. The number of aromatic carboxylic acids is 1. The van der Waals surface area contributed by atoms with Gasteiger partial charge in [-0.25, -0.2) is 4.79 Å². The number of carbonyl (C=O) groups is 1. The van der Waals surface area contributed by atoms with E-state index in [1.54, 1.807) is 6.07 Å². The number of carboxylic acid groups (broad SMARTS) is 1. The second-order valence-corrected chi connectivity index (χ2v) is 4.45. The fraction of sp³-hybridized carbons (Fsp3) is 0.308. The summed E-state index contributed by atoms with van der Waals surface area (Å²) in [6.45, 7) is 0.842. The smallest absolute Gasteiger partial charge is 0.352 e. The van der Waals surface area contributed by atoms with Gasteiger partial charge in [-0.3, -0.25) is 0 Å². The van der Waals surface area contributed by atoms with Crippen molar-refractivity contribution in [3.05, 3.63) is 36.0 Å². The average molecular weight is 215 g/mol. The molecule has 16 heavy (non-hydrogen) atoms. The number of rotatable bonds is 3. The molecule has 0 bridgehead atoms. The highest BCUT2D eigenvalue weighted by Gasteiger charge is 2.24. The Kier molecular flexibility index (Phi) is 1.99. The van der Waals surface area contributed by atoms with Gasteiger partial charge < -0.3 is 9.67 Å². The van der Waals surface area contributed by atoms with E-state index < -0.39 is 5.97 Å². The SMILES string of the molecule is O=C(O)c1cc2ccccc2n1CC1CC1. The maximum absolute atomic E-state index is 11.2. The van der Waals surface area contributed by atoms with E-state index in [-0.39, 0.29) is 0 Å². The van der Waals surface area contributed by atoms with Crippen LogP contribution in [0.5, 0.6) is 0 Å². The van der Waals surface area contributed by atoms with Gasteiger partial charge in [0, 0.05) is 17.4 Å². The van der Waals surface area contributed by atoms with Crippen LogP contribution < -0.4 is 0 Å². The molecule has 0 aliphatic heterocycles. The van der Waals surface area contributed by atoms with Gasteiger partial charge in [0.25, 0.3) is 0 Å². The maximum atomic E-state index is 11.2. The molecule has 0 saturated heterocycles. The third kappa shape index (κ3) is 1.48. The van der Waals surface area contributed by atoms with E-state index in [9.17, 15) is 9.90 Å². The average Bonchev–Trinajstić information content (AvgIpc) is 3.00. The standard InChI is InChI=1S/C13H13NO2/c15-13(16)12-7-10-3-1-2-4-11(10)14(12)8-9-5-6-9/h1-4,7,9H,5-6,8H2,(H,15,16). The third-order valence-corrected chi connectivity index (χ3v) is 3.17. The molecule has 1 aliphatic carbocycles. The summed E-state index contributed by atoms with van der Waals surface area (Å²) in [6, 6.07) is 9.61. The first kappa shape index (κ1) is 9.46. The van der Waals surface area contributed by atoms with E-state index in [2.05, 4.69) is 0 Å². The van der Waals surface area contributed by atoms with Crippen molar-refractivity contribution in [2.75, 3.05) is 0 Å². The summed E-state index contributed by atoms with van der Waals surface area (Å²) in [5.41, 5.74) is 1.44. The minimum Gasteiger partial charge on any atom is -0.477 e. The van der Waals surface area contributed by atoms with Crippen molar-refractivity contribution in [3.63, 3.8) is 0 Å². The van der Waals surface area contributed by atoms with Crippen LogP contribution in [0.4, 0.5) is 0 Å². The molecular weight excluding hydrogens is 202 g/mol. The molecule has 0 amide bonds. The number of benzene rings is 1. The lowest BCUT2D eigenvalue weighted by molar-refractivity contribution is 0.0685. The van der Waals surface area contributed by atoms with E-state index in [1.165, 1.54) is 12.8 Å². The van der Waals surface area contributed by atoms with E-state index >= 15 is 0 Å². The quantitative estimate of drug-likeness (QED) is 0.855. The number of carboxylic acids is 1. The van der Waals surface area contributed by atoms with E-state index in [0.29, 0.717) is 11.6 Å². The zero-order valence-electron chi connectivity index (χ0n) is 8.89. The molecule has 0 unspecified atom stereocenters. The van der Waals surface area contributed by atoms with Crippen LogP contribution in [-0.2, 0) is 6.54 Å². The summed E-state index contributed by atoms with van der Waals surface area (Å²) >= 11 is 0. The normalized spacial score (nSPS) is 15.5. The molecule has 1 aromatic heterocycles. The van der Waals surface area contributed by atoms with Gasteiger partial charge in [0.2, 0.25) is 0 Å². The summed E-state index contributed by atoms with van der Waals surface area (Å²) in [5, 5.41) is 10.2. The molecule has 3 rings (SSSR count). The zero-order valence-corrected chi connectivity index (χ0v) is 8.89. The second-order valence-electron chi connectivity index (χ2n) is 4.45. The van der Waals surface area contributed by atoms with Gasteiger partial charge in [0.1, 0.15) is 5.69 Å². The molecule has 2 aromatic rings. The van der Waals surface area contributed by atoms with Crippen molar-refractivity contribution < 1.29 is 9.90 Å². The van der Waals surface area contributed by atoms with Crippen molar-refractivity contribution in [1.29, 1.82) is 0 Å². The molecule has 0 spiro atoms. The molecular formula is C13H13NO2. The number of para-hydroxylation sites is 1. The summed E-state index contributed by atoms with van der Waals surface area (Å²) in [6.07, 6.45) is 2.46. The molecule has 1 N–H and O–H groups in total. The van der Waals surface area contributed by atoms with Crippen molar-refractivity contribution in [1.82, 2.24) is 4.57 Å². The Morgan fingerprint density at radius 2 is 2.12 bits per heavy atom. The van der Waals surface area contributed by atoms with Crippen molar-refractivity contribution in [2.45, 2.75) is 19.4 Å². The van der Waals surface area contributed by atoms with Crippen LogP contribution >= 0.6 is 0 Å². The van der Waals surface area contributed by atoms with Crippen LogP contribution in [0.1, 0.15) is 23.3 Å². The zero-order chi connectivity index (χ0) is 11.1. The first-order valence-electron chi connectivity index (χ1n) is 5.57. The van der Waals surface area contributed by atoms with Gasteiger partial charge in [-0.1, -0.05) is 18.2 Å². The van der Waals surface area contributed by atoms with Gasteiger partial charge in [0.05, 0.1) is 0 Å². The van der Waals surface area contributed by atoms with Gasteiger partial charge in [-0.05, 0) is 30.9 Å². The van der Waals surface area contributed by atoms with Gasteiger partial charge in [-0.2, -0.15) is 0 Å². The first-order chi connectivity index (χ1) is 7.75. The highest BCUT2D eigenvalue weighted by atomic mass is 16.4. The van der Waals surface area contributed by atoms with Crippen LogP contribution in [0.3, 0.4) is 0 Å². The summed E-state index contributed by atoms with van der Waals surface area (Å²) < 4.78 is 1.94. The van der Waals surface area contributed by atoms with Gasteiger partial charge in [-0.15, -0.1) is 0 Å². The fourth-order valence-corrected chi connectivity index (χ4v) is 2.14. The largest absolute Gasteiger partial charge is 0.477 e. The monoisotopic (exact) mass is 215 g/mol. The molecule has 0 radical (unpaired) electrons. The molecule has 1 saturated carbocycles. The van der Waals surface area contributed by atoms with E-state index in [1.807, 2.05) is 28.8 Å². The van der Waals surface area contributed by atoms with E-state index in [0.717, 1.165) is 17.4 Å². The third-order valence-electron chi connectivity index (χ3n) is 3.17. The number of hydrogen-bond donors (Lipinski definition) is 1. The summed E-state index contributed by atoms with van der Waals surface area (Å²) in [4.78, 5) is 11.2. The Morgan fingerprint density at radius 3 is 2.81 bits per heavy atom. The van der Waals surface area contributed by atoms with Crippen LogP contribution in [0, 0.1) is 5.92 Å². The molecule has 0 atom stereocenters. The number of nitrogens with zero attached hydrogens (tertiary/aromatic N) is 1. The lowest BCUT2D eigenvalue weighted by atomic mass is 10.2. The Labute approximate surface area is 93.3 Å². The Morgan fingerprint density at radius 1 is 1.38 bits per heavy atom. The molecule has 1 heterocycles. The van der Waals surface area contributed by atoms with Gasteiger partial charge >= 0.3 is 5.97 Å². The lowest BCUT2D eigenvalue weighted by Crippen LogP contribution is -2.09. The molecule has 1 aromatic carbocycles. The highest BCUT2D eigenvalue weighted by molar-refractivity contribution is 5.94. The Bertz CT molecular complexity index is 552. The van der Waals surface area contributed by atoms with Crippen LogP contribution in [0.2, 0.25) is 0 Å². The Balaban J connectivity index is 2.18. The number of hydrogen-bond acceptors (Lipinski definition) is 1. The van der Waals surface area contributed by atoms with Crippen LogP contribution in [-0.4, -0.2) is 15.6 Å². The molecule has 3 heteroatoms. The minimum absolute atomic E-state index is 0.410. The molecule has 82 valence electrons. The highest BCUT2D eigenvalue weighted by Crippen LogP contribution is 2.33. The number of aromatic nitrogens is 1. The predicted octanol–water partition coefficient (Wildman–Crippen LogP) is 2.75. The predicted molar refractivity (Wildman–Crippen MR) is 61.6 cm³/mol. The summed E-state index contributed by atoms with van der Waals surface area (Å²) in [5.74, 6) is -0.161. The van der Waals surface area contributed by atoms with Crippen LogP contribution in [0.15, 0.2) is 30.3 Å². The molecule has 1 fully saturated rings. The van der Waals surface area contributed by atoms with Crippen LogP contribution in [0.25, 0.3) is 10.9 Å². The molecule has 1 aliphatic rings. The lowest BCUT2D eigenvalue weighted by Gasteiger charge is -2.06. The van der Waals surface area contributed by atoms with Crippen molar-refractivity contribution >= 4 is 16.9 Å². The van der Waals surface area contributed by atoms with E-state index in [4.69, 9.17) is 0 Å². The van der Waals surface area contributed by atoms with Crippen molar-refractivity contribution in [2.24, 2.45) is 5.92 Å². The molecule has 3 nitrogen and oxygen atoms in total. The van der Waals surface area contributed by atoms with Gasteiger partial charge in [0.15, 0.2) is 0 Å². The Hall–Kier alpha value is -1.77. The second kappa shape index (κ2) is 3.37. The minimum atomic E-state index is -0.836. The van der Waals surface area contributed by atoms with Crippen molar-refractivity contribution in [3.8, 4) is 0 Å².